The SMILES string of the molecule is CCNC(=O)CCCC(=O)N[C@@H]1C[C@@](C)(OC)C1(C)C. The minimum Gasteiger partial charge on any atom is -0.378 e. The number of ether oxygens (including phenoxy) is 1. The van der Waals surface area contributed by atoms with Crippen molar-refractivity contribution in [3.63, 3.8) is 0 Å². The maximum absolute atomic E-state index is 11.9. The van der Waals surface area contributed by atoms with E-state index >= 15 is 0 Å². The van der Waals surface area contributed by atoms with E-state index in [0.717, 1.165) is 6.42 Å². The van der Waals surface area contributed by atoms with Gasteiger partial charge in [0.2, 0.25) is 11.8 Å². The summed E-state index contributed by atoms with van der Waals surface area (Å²) in [7, 11) is 1.71. The van der Waals surface area contributed by atoms with Crippen molar-refractivity contribution in [2.75, 3.05) is 13.7 Å². The van der Waals surface area contributed by atoms with Gasteiger partial charge >= 0.3 is 0 Å². The first-order valence-corrected chi connectivity index (χ1v) is 7.38. The van der Waals surface area contributed by atoms with E-state index < -0.39 is 0 Å². The molecule has 0 aromatic heterocycles. The monoisotopic (exact) mass is 284 g/mol. The Hall–Kier alpha value is -1.10. The lowest BCUT2D eigenvalue weighted by molar-refractivity contribution is -0.182. The summed E-state index contributed by atoms with van der Waals surface area (Å²) < 4.78 is 5.54. The zero-order valence-electron chi connectivity index (χ0n) is 13.3. The number of hydrogen-bond acceptors (Lipinski definition) is 3. The number of carbonyl (C=O) groups excluding carboxylic acids is 2. The van der Waals surface area contributed by atoms with Crippen LogP contribution in [0, 0.1) is 5.41 Å². The Morgan fingerprint density at radius 1 is 1.20 bits per heavy atom. The Morgan fingerprint density at radius 3 is 2.30 bits per heavy atom. The fraction of sp³-hybridized carbons (Fsp3) is 0.867. The molecule has 0 unspecified atom stereocenters. The first kappa shape index (κ1) is 17.0. The average molecular weight is 284 g/mol. The van der Waals surface area contributed by atoms with E-state index in [1.54, 1.807) is 7.11 Å². The van der Waals surface area contributed by atoms with Crippen LogP contribution in [0.15, 0.2) is 0 Å². The van der Waals surface area contributed by atoms with Crippen LogP contribution in [0.25, 0.3) is 0 Å². The van der Waals surface area contributed by atoms with E-state index in [1.807, 2.05) is 6.92 Å². The highest BCUT2D eigenvalue weighted by Gasteiger charge is 2.58. The van der Waals surface area contributed by atoms with Crippen molar-refractivity contribution in [3.05, 3.63) is 0 Å². The number of methoxy groups -OCH3 is 1. The summed E-state index contributed by atoms with van der Waals surface area (Å²) in [5, 5.41) is 5.78. The van der Waals surface area contributed by atoms with E-state index in [0.29, 0.717) is 25.8 Å². The molecule has 0 heterocycles. The Kier molecular flexibility index (Phi) is 5.57. The van der Waals surface area contributed by atoms with Crippen molar-refractivity contribution in [1.29, 1.82) is 0 Å². The molecule has 1 aliphatic carbocycles. The molecular formula is C15H28N2O3. The fourth-order valence-corrected chi connectivity index (χ4v) is 2.68. The van der Waals surface area contributed by atoms with Gasteiger partial charge in [0.15, 0.2) is 0 Å². The third kappa shape index (κ3) is 3.51. The highest BCUT2D eigenvalue weighted by atomic mass is 16.5. The van der Waals surface area contributed by atoms with Crippen molar-refractivity contribution in [2.24, 2.45) is 5.41 Å². The largest absolute Gasteiger partial charge is 0.378 e. The summed E-state index contributed by atoms with van der Waals surface area (Å²) in [6, 6.07) is 0.143. The van der Waals surface area contributed by atoms with Crippen LogP contribution in [0.2, 0.25) is 0 Å². The standard InChI is InChI=1S/C15H28N2O3/c1-6-16-12(18)8-7-9-13(19)17-11-10-15(4,20-5)14(11,2)3/h11H,6-10H2,1-5H3,(H,16,18)(H,17,19)/t11-,15-/m1/s1. The van der Waals surface area contributed by atoms with Crippen LogP contribution in [0.1, 0.15) is 53.4 Å². The summed E-state index contributed by atoms with van der Waals surface area (Å²) >= 11 is 0. The van der Waals surface area contributed by atoms with Crippen LogP contribution in [0.3, 0.4) is 0 Å². The first-order valence-electron chi connectivity index (χ1n) is 7.38. The quantitative estimate of drug-likeness (QED) is 0.746. The molecule has 0 aromatic rings. The van der Waals surface area contributed by atoms with E-state index in [4.69, 9.17) is 4.74 Å². The zero-order valence-corrected chi connectivity index (χ0v) is 13.3. The van der Waals surface area contributed by atoms with Gasteiger partial charge in [-0.3, -0.25) is 9.59 Å². The lowest BCUT2D eigenvalue weighted by Crippen LogP contribution is -2.68. The molecule has 1 fully saturated rings. The van der Waals surface area contributed by atoms with Crippen LogP contribution in [0.5, 0.6) is 0 Å². The molecule has 5 heteroatoms. The van der Waals surface area contributed by atoms with Gasteiger partial charge in [0.25, 0.3) is 0 Å². The molecule has 20 heavy (non-hydrogen) atoms. The van der Waals surface area contributed by atoms with E-state index in [1.165, 1.54) is 0 Å². The molecule has 2 amide bonds. The Bertz CT molecular complexity index is 368. The third-order valence-corrected chi connectivity index (χ3v) is 4.80. The molecule has 2 atom stereocenters. The Labute approximate surface area is 121 Å². The fourth-order valence-electron chi connectivity index (χ4n) is 2.68. The van der Waals surface area contributed by atoms with Gasteiger partial charge in [0.1, 0.15) is 0 Å². The van der Waals surface area contributed by atoms with Crippen LogP contribution >= 0.6 is 0 Å². The second-order valence-corrected chi connectivity index (χ2v) is 6.29. The van der Waals surface area contributed by atoms with E-state index in [2.05, 4.69) is 31.4 Å². The molecule has 2 N–H and O–H groups in total. The van der Waals surface area contributed by atoms with Gasteiger partial charge in [-0.15, -0.1) is 0 Å². The van der Waals surface area contributed by atoms with Gasteiger partial charge in [-0.1, -0.05) is 13.8 Å². The van der Waals surface area contributed by atoms with Crippen LogP contribution in [0.4, 0.5) is 0 Å². The average Bonchev–Trinajstić information content (AvgIpc) is 2.38. The number of nitrogens with one attached hydrogen (secondary N) is 2. The number of hydrogen-bond donors (Lipinski definition) is 2. The normalized spacial score (nSPS) is 27.6. The highest BCUT2D eigenvalue weighted by Crippen LogP contribution is 2.51. The third-order valence-electron chi connectivity index (χ3n) is 4.80. The van der Waals surface area contributed by atoms with Crippen LogP contribution in [-0.2, 0) is 14.3 Å². The van der Waals surface area contributed by atoms with Crippen LogP contribution in [-0.4, -0.2) is 37.1 Å². The van der Waals surface area contributed by atoms with Crippen molar-refractivity contribution < 1.29 is 14.3 Å². The van der Waals surface area contributed by atoms with E-state index in [-0.39, 0.29) is 28.9 Å². The molecule has 0 aliphatic heterocycles. The van der Waals surface area contributed by atoms with E-state index in [9.17, 15) is 9.59 Å². The molecule has 116 valence electrons. The molecular weight excluding hydrogens is 256 g/mol. The smallest absolute Gasteiger partial charge is 0.220 e. The van der Waals surface area contributed by atoms with Crippen molar-refractivity contribution in [3.8, 4) is 0 Å². The lowest BCUT2D eigenvalue weighted by atomic mass is 9.56. The number of carbonyl (C=O) groups is 2. The molecule has 1 saturated carbocycles. The summed E-state index contributed by atoms with van der Waals surface area (Å²) in [6.45, 7) is 8.82. The molecule has 0 spiro atoms. The molecule has 1 aliphatic rings. The van der Waals surface area contributed by atoms with Gasteiger partial charge in [-0.25, -0.2) is 0 Å². The summed E-state index contributed by atoms with van der Waals surface area (Å²) in [5.41, 5.74) is -0.247. The Balaban J connectivity index is 2.29. The minimum absolute atomic E-state index is 0.0104. The maximum Gasteiger partial charge on any atom is 0.220 e. The predicted molar refractivity (Wildman–Crippen MR) is 78.3 cm³/mol. The molecule has 5 nitrogen and oxygen atoms in total. The predicted octanol–water partition coefficient (Wildman–Crippen LogP) is 1.61. The topological polar surface area (TPSA) is 67.4 Å². The molecule has 0 saturated heterocycles. The van der Waals surface area contributed by atoms with Gasteiger partial charge in [-0.05, 0) is 26.7 Å². The summed E-state index contributed by atoms with van der Waals surface area (Å²) in [4.78, 5) is 23.2. The molecule has 1 rings (SSSR count). The second-order valence-electron chi connectivity index (χ2n) is 6.29. The Morgan fingerprint density at radius 2 is 1.80 bits per heavy atom. The van der Waals surface area contributed by atoms with Crippen molar-refractivity contribution in [1.82, 2.24) is 10.6 Å². The zero-order chi connectivity index (χ0) is 15.4. The number of amides is 2. The first-order chi connectivity index (χ1) is 9.26. The summed E-state index contributed by atoms with van der Waals surface area (Å²) in [5.74, 6) is 0.0294. The molecule has 0 aromatic carbocycles. The van der Waals surface area contributed by atoms with Crippen molar-refractivity contribution >= 4 is 11.8 Å². The highest BCUT2D eigenvalue weighted by molar-refractivity contribution is 5.79. The minimum atomic E-state index is -0.175. The van der Waals surface area contributed by atoms with Gasteiger partial charge in [0.05, 0.1) is 5.60 Å². The van der Waals surface area contributed by atoms with Gasteiger partial charge < -0.3 is 15.4 Å². The lowest BCUT2D eigenvalue weighted by Gasteiger charge is -2.59. The van der Waals surface area contributed by atoms with Crippen LogP contribution < -0.4 is 10.6 Å². The second kappa shape index (κ2) is 6.57. The molecule has 0 bridgehead atoms. The maximum atomic E-state index is 11.9. The molecule has 0 radical (unpaired) electrons. The number of rotatable bonds is 7. The van der Waals surface area contributed by atoms with Gasteiger partial charge in [0, 0.05) is 38.0 Å². The van der Waals surface area contributed by atoms with Gasteiger partial charge in [-0.2, -0.15) is 0 Å². The summed E-state index contributed by atoms with van der Waals surface area (Å²) in [6.07, 6.45) is 2.23. The van der Waals surface area contributed by atoms with Crippen molar-refractivity contribution in [2.45, 2.75) is 65.0 Å².